The molecule has 0 fully saturated rings. The molecule has 2 aromatic rings. The van der Waals surface area contributed by atoms with Crippen molar-refractivity contribution in [3.05, 3.63) is 42.0 Å². The largest absolute Gasteiger partial charge is 0.493 e. The number of nitrogens with one attached hydrogen (secondary N) is 1. The van der Waals surface area contributed by atoms with E-state index in [1.807, 2.05) is 0 Å². The van der Waals surface area contributed by atoms with Crippen molar-refractivity contribution in [1.29, 1.82) is 0 Å². The number of hydrogen-bond acceptors (Lipinski definition) is 7. The summed E-state index contributed by atoms with van der Waals surface area (Å²) in [5.41, 5.74) is 4.13. The first-order chi connectivity index (χ1) is 11.9. The SMILES string of the molecule is COc1cc(/C=N\Nc2ccc(S(N)(=O)=O)cc2)cc(OC)c1OC. The number of nitrogens with two attached hydrogens (primary N) is 1. The van der Waals surface area contributed by atoms with E-state index >= 15 is 0 Å². The lowest BCUT2D eigenvalue weighted by Crippen LogP contribution is -2.11. The molecule has 0 heterocycles. The van der Waals surface area contributed by atoms with Crippen molar-refractivity contribution < 1.29 is 22.6 Å². The van der Waals surface area contributed by atoms with Gasteiger partial charge in [-0.2, -0.15) is 5.10 Å². The van der Waals surface area contributed by atoms with Gasteiger partial charge in [0.1, 0.15) is 0 Å². The van der Waals surface area contributed by atoms with Crippen molar-refractivity contribution in [2.75, 3.05) is 26.8 Å². The third kappa shape index (κ3) is 4.61. The molecular weight excluding hydrogens is 346 g/mol. The quantitative estimate of drug-likeness (QED) is 0.572. The van der Waals surface area contributed by atoms with E-state index in [1.165, 1.54) is 33.5 Å². The molecule has 0 aliphatic rings. The fourth-order valence-electron chi connectivity index (χ4n) is 2.08. The number of hydrazone groups is 1. The van der Waals surface area contributed by atoms with Gasteiger partial charge in [-0.05, 0) is 36.4 Å². The Kier molecular flexibility index (Phi) is 5.84. The molecule has 0 amide bonds. The Labute approximate surface area is 146 Å². The predicted octanol–water partition coefficient (Wildman–Crippen LogP) is 1.81. The molecule has 0 aliphatic carbocycles. The van der Waals surface area contributed by atoms with Gasteiger partial charge in [-0.3, -0.25) is 5.43 Å². The van der Waals surface area contributed by atoms with Crippen LogP contribution in [-0.2, 0) is 10.0 Å². The van der Waals surface area contributed by atoms with Crippen LogP contribution in [0, 0.1) is 0 Å². The van der Waals surface area contributed by atoms with E-state index in [-0.39, 0.29) is 4.90 Å². The second kappa shape index (κ2) is 7.86. The Morgan fingerprint density at radius 3 is 2.00 bits per heavy atom. The maximum absolute atomic E-state index is 11.2. The first-order valence-electron chi connectivity index (χ1n) is 7.11. The normalized spacial score (nSPS) is 11.4. The summed E-state index contributed by atoms with van der Waals surface area (Å²) >= 11 is 0. The molecule has 2 aromatic carbocycles. The number of anilines is 1. The zero-order chi connectivity index (χ0) is 18.4. The molecule has 0 aliphatic heterocycles. The summed E-state index contributed by atoms with van der Waals surface area (Å²) in [6.07, 6.45) is 1.57. The van der Waals surface area contributed by atoms with E-state index in [2.05, 4.69) is 10.5 Å². The highest BCUT2D eigenvalue weighted by Gasteiger charge is 2.12. The zero-order valence-corrected chi connectivity index (χ0v) is 14.8. The van der Waals surface area contributed by atoms with Crippen molar-refractivity contribution in [1.82, 2.24) is 0 Å². The highest BCUT2D eigenvalue weighted by molar-refractivity contribution is 7.89. The number of nitrogens with zero attached hydrogens (tertiary/aromatic N) is 1. The van der Waals surface area contributed by atoms with Gasteiger partial charge in [0.05, 0.1) is 38.1 Å². The van der Waals surface area contributed by atoms with Crippen LogP contribution in [-0.4, -0.2) is 36.0 Å². The monoisotopic (exact) mass is 365 g/mol. The second-order valence-electron chi connectivity index (χ2n) is 4.90. The number of hydrogen-bond donors (Lipinski definition) is 2. The van der Waals surface area contributed by atoms with Gasteiger partial charge in [-0.1, -0.05) is 0 Å². The predicted molar refractivity (Wildman–Crippen MR) is 95.1 cm³/mol. The highest BCUT2D eigenvalue weighted by atomic mass is 32.2. The molecule has 3 N–H and O–H groups in total. The molecule has 0 aromatic heterocycles. The fraction of sp³-hybridized carbons (Fsp3) is 0.188. The number of sulfonamides is 1. The second-order valence-corrected chi connectivity index (χ2v) is 6.46. The Hall–Kier alpha value is -2.78. The highest BCUT2D eigenvalue weighted by Crippen LogP contribution is 2.37. The molecule has 25 heavy (non-hydrogen) atoms. The Balaban J connectivity index is 2.17. The molecule has 0 bridgehead atoms. The molecular formula is C16H19N3O5S. The van der Waals surface area contributed by atoms with Gasteiger partial charge in [0, 0.05) is 5.56 Å². The molecule has 0 radical (unpaired) electrons. The number of benzene rings is 2. The molecule has 0 saturated carbocycles. The van der Waals surface area contributed by atoms with Crippen molar-refractivity contribution in [3.63, 3.8) is 0 Å². The maximum Gasteiger partial charge on any atom is 0.238 e. The van der Waals surface area contributed by atoms with Gasteiger partial charge in [0.2, 0.25) is 15.8 Å². The van der Waals surface area contributed by atoms with Gasteiger partial charge in [0.15, 0.2) is 11.5 Å². The summed E-state index contributed by atoms with van der Waals surface area (Å²) in [5, 5.41) is 9.15. The molecule has 9 heteroatoms. The van der Waals surface area contributed by atoms with Gasteiger partial charge >= 0.3 is 0 Å². The third-order valence-corrected chi connectivity index (χ3v) is 4.21. The van der Waals surface area contributed by atoms with Crippen LogP contribution in [0.4, 0.5) is 5.69 Å². The minimum atomic E-state index is -3.71. The summed E-state index contributed by atoms with van der Waals surface area (Å²) in [7, 11) is 0.880. The van der Waals surface area contributed by atoms with Gasteiger partial charge in [-0.25, -0.2) is 13.6 Å². The minimum Gasteiger partial charge on any atom is -0.493 e. The lowest BCUT2D eigenvalue weighted by molar-refractivity contribution is 0.324. The molecule has 0 atom stereocenters. The van der Waals surface area contributed by atoms with Crippen LogP contribution in [0.15, 0.2) is 46.4 Å². The Bertz CT molecular complexity index is 839. The third-order valence-electron chi connectivity index (χ3n) is 3.28. The lowest BCUT2D eigenvalue weighted by atomic mass is 10.2. The van der Waals surface area contributed by atoms with Crippen LogP contribution in [0.5, 0.6) is 17.2 Å². The van der Waals surface area contributed by atoms with Crippen molar-refractivity contribution in [3.8, 4) is 17.2 Å². The summed E-state index contributed by atoms with van der Waals surface area (Å²) in [5.74, 6) is 1.52. The molecule has 8 nitrogen and oxygen atoms in total. The van der Waals surface area contributed by atoms with Crippen molar-refractivity contribution >= 4 is 21.9 Å². The summed E-state index contributed by atoms with van der Waals surface area (Å²) in [6, 6.07) is 9.41. The van der Waals surface area contributed by atoms with Crippen LogP contribution < -0.4 is 24.8 Å². The number of primary sulfonamides is 1. The van der Waals surface area contributed by atoms with E-state index in [0.29, 0.717) is 22.9 Å². The Morgan fingerprint density at radius 2 is 1.56 bits per heavy atom. The van der Waals surface area contributed by atoms with Crippen LogP contribution >= 0.6 is 0 Å². The molecule has 0 saturated heterocycles. The summed E-state index contributed by atoms with van der Waals surface area (Å²) < 4.78 is 38.2. The van der Waals surface area contributed by atoms with E-state index < -0.39 is 10.0 Å². The van der Waals surface area contributed by atoms with E-state index in [9.17, 15) is 8.42 Å². The van der Waals surface area contributed by atoms with E-state index in [0.717, 1.165) is 5.56 Å². The maximum atomic E-state index is 11.2. The van der Waals surface area contributed by atoms with Crippen molar-refractivity contribution in [2.24, 2.45) is 10.2 Å². The first kappa shape index (κ1) is 18.6. The van der Waals surface area contributed by atoms with Gasteiger partial charge in [-0.15, -0.1) is 0 Å². The van der Waals surface area contributed by atoms with Crippen LogP contribution in [0.1, 0.15) is 5.56 Å². The molecule has 0 unspecified atom stereocenters. The van der Waals surface area contributed by atoms with Crippen LogP contribution in [0.3, 0.4) is 0 Å². The van der Waals surface area contributed by atoms with Gasteiger partial charge in [0.25, 0.3) is 0 Å². The Morgan fingerprint density at radius 1 is 1.00 bits per heavy atom. The minimum absolute atomic E-state index is 0.0339. The molecule has 2 rings (SSSR count). The number of ether oxygens (including phenoxy) is 3. The van der Waals surface area contributed by atoms with Gasteiger partial charge < -0.3 is 14.2 Å². The summed E-state index contributed by atoms with van der Waals surface area (Å²) in [6.45, 7) is 0. The first-order valence-corrected chi connectivity index (χ1v) is 8.65. The van der Waals surface area contributed by atoms with E-state index in [1.54, 1.807) is 30.5 Å². The smallest absolute Gasteiger partial charge is 0.238 e. The fourth-order valence-corrected chi connectivity index (χ4v) is 2.59. The topological polar surface area (TPSA) is 112 Å². The average molecular weight is 365 g/mol. The molecule has 0 spiro atoms. The molecule has 134 valence electrons. The number of rotatable bonds is 7. The van der Waals surface area contributed by atoms with Crippen LogP contribution in [0.2, 0.25) is 0 Å². The average Bonchev–Trinajstić information content (AvgIpc) is 2.60. The zero-order valence-electron chi connectivity index (χ0n) is 14.0. The number of methoxy groups -OCH3 is 3. The summed E-state index contributed by atoms with van der Waals surface area (Å²) in [4.78, 5) is 0.0339. The van der Waals surface area contributed by atoms with Crippen LogP contribution in [0.25, 0.3) is 0 Å². The van der Waals surface area contributed by atoms with Crippen molar-refractivity contribution in [2.45, 2.75) is 4.90 Å². The van der Waals surface area contributed by atoms with E-state index in [4.69, 9.17) is 19.3 Å². The lowest BCUT2D eigenvalue weighted by Gasteiger charge is -2.12. The standard InChI is InChI=1S/C16H19N3O5S/c1-22-14-8-11(9-15(23-2)16(14)24-3)10-18-19-12-4-6-13(7-5-12)25(17,20)21/h4-10,19H,1-3H3,(H2,17,20,21)/b18-10-.